The zero-order valence-corrected chi connectivity index (χ0v) is 12.7. The molecule has 1 aromatic heterocycles. The topological polar surface area (TPSA) is 47.4 Å². The molecule has 1 unspecified atom stereocenters. The predicted molar refractivity (Wildman–Crippen MR) is 80.8 cm³/mol. The third-order valence-corrected chi connectivity index (χ3v) is 3.63. The Bertz CT molecular complexity index is 683. The number of fused-ring (bicyclic) bond motifs is 1. The molecule has 0 aliphatic carbocycles. The predicted octanol–water partition coefficient (Wildman–Crippen LogP) is 2.43. The van der Waals surface area contributed by atoms with Crippen molar-refractivity contribution in [3.63, 3.8) is 0 Å². The molecule has 1 amide bonds. The highest BCUT2D eigenvalue weighted by atomic mass is 35.5. The monoisotopic (exact) mass is 305 g/mol. The molecule has 0 bridgehead atoms. The van der Waals surface area contributed by atoms with Crippen molar-refractivity contribution in [1.82, 2.24) is 9.78 Å². The normalized spacial score (nSPS) is 17.3. The first-order chi connectivity index (χ1) is 10.0. The number of carbonyl (C=O) groups is 1. The minimum absolute atomic E-state index is 0.0154. The number of benzene rings is 1. The van der Waals surface area contributed by atoms with Crippen LogP contribution in [-0.4, -0.2) is 28.3 Å². The second kappa shape index (κ2) is 5.41. The second-order valence-corrected chi connectivity index (χ2v) is 5.68. The molecule has 0 radical (unpaired) electrons. The lowest BCUT2D eigenvalue weighted by atomic mass is 10.1. The number of aryl methyl sites for hydroxylation is 1. The van der Waals surface area contributed by atoms with Crippen LogP contribution in [0.15, 0.2) is 30.6 Å². The number of amides is 1. The molecule has 1 aromatic carbocycles. The summed E-state index contributed by atoms with van der Waals surface area (Å²) in [6.07, 6.45) is 3.82. The van der Waals surface area contributed by atoms with Crippen LogP contribution in [0.5, 0.6) is 5.75 Å². The first-order valence-corrected chi connectivity index (χ1v) is 7.15. The van der Waals surface area contributed by atoms with E-state index in [1.165, 1.54) is 0 Å². The summed E-state index contributed by atoms with van der Waals surface area (Å²) >= 11 is 6.04. The number of carbonyl (C=O) groups excluding carboxylic acids is 1. The van der Waals surface area contributed by atoms with Crippen LogP contribution >= 0.6 is 11.6 Å². The fraction of sp³-hybridized carbons (Fsp3) is 0.333. The van der Waals surface area contributed by atoms with Gasteiger partial charge in [0, 0.05) is 18.3 Å². The molecule has 5 nitrogen and oxygen atoms in total. The Hall–Kier alpha value is -2.01. The number of anilines is 1. The van der Waals surface area contributed by atoms with Crippen LogP contribution in [0.1, 0.15) is 12.5 Å². The maximum Gasteiger partial charge on any atom is 0.231 e. The van der Waals surface area contributed by atoms with Crippen molar-refractivity contribution in [1.29, 1.82) is 0 Å². The van der Waals surface area contributed by atoms with Gasteiger partial charge in [0.2, 0.25) is 5.91 Å². The lowest BCUT2D eigenvalue weighted by molar-refractivity contribution is -0.118. The SMILES string of the molecule is CC1CN(C(=O)Cc2cnn(C)c2)c2cc(Cl)ccc2O1. The van der Waals surface area contributed by atoms with Crippen molar-refractivity contribution in [2.75, 3.05) is 11.4 Å². The average molecular weight is 306 g/mol. The van der Waals surface area contributed by atoms with E-state index in [1.807, 2.05) is 20.2 Å². The number of hydrogen-bond acceptors (Lipinski definition) is 3. The summed E-state index contributed by atoms with van der Waals surface area (Å²) < 4.78 is 7.44. The maximum absolute atomic E-state index is 12.6. The lowest BCUT2D eigenvalue weighted by Gasteiger charge is -2.33. The molecule has 0 saturated heterocycles. The summed E-state index contributed by atoms with van der Waals surface area (Å²) in [6, 6.07) is 5.34. The molecule has 110 valence electrons. The summed E-state index contributed by atoms with van der Waals surface area (Å²) in [5.41, 5.74) is 1.62. The Morgan fingerprint density at radius 1 is 1.52 bits per heavy atom. The van der Waals surface area contributed by atoms with Crippen LogP contribution in [0.25, 0.3) is 0 Å². The summed E-state index contributed by atoms with van der Waals surface area (Å²) in [4.78, 5) is 14.3. The van der Waals surface area contributed by atoms with Gasteiger partial charge in [-0.25, -0.2) is 0 Å². The molecule has 0 spiro atoms. The van der Waals surface area contributed by atoms with Gasteiger partial charge in [0.25, 0.3) is 0 Å². The molecule has 3 rings (SSSR count). The Labute approximate surface area is 128 Å². The van der Waals surface area contributed by atoms with Gasteiger partial charge in [0.1, 0.15) is 11.9 Å². The van der Waals surface area contributed by atoms with E-state index >= 15 is 0 Å². The van der Waals surface area contributed by atoms with Crippen molar-refractivity contribution in [3.8, 4) is 5.75 Å². The molecule has 6 heteroatoms. The maximum atomic E-state index is 12.6. The number of nitrogens with zero attached hydrogens (tertiary/aromatic N) is 3. The van der Waals surface area contributed by atoms with Crippen molar-refractivity contribution < 1.29 is 9.53 Å². The van der Waals surface area contributed by atoms with Gasteiger partial charge in [-0.3, -0.25) is 9.48 Å². The van der Waals surface area contributed by atoms with E-state index in [1.54, 1.807) is 34.0 Å². The smallest absolute Gasteiger partial charge is 0.231 e. The molecule has 21 heavy (non-hydrogen) atoms. The van der Waals surface area contributed by atoms with Gasteiger partial charge in [-0.1, -0.05) is 11.6 Å². The van der Waals surface area contributed by atoms with Crippen molar-refractivity contribution in [2.24, 2.45) is 7.05 Å². The summed E-state index contributed by atoms with van der Waals surface area (Å²) in [5, 5.41) is 4.68. The quantitative estimate of drug-likeness (QED) is 0.856. The molecule has 1 atom stereocenters. The van der Waals surface area contributed by atoms with E-state index in [0.717, 1.165) is 11.3 Å². The molecule has 1 aliphatic heterocycles. The Kier molecular flexibility index (Phi) is 3.59. The lowest BCUT2D eigenvalue weighted by Crippen LogP contribution is -2.43. The van der Waals surface area contributed by atoms with E-state index in [9.17, 15) is 4.79 Å². The van der Waals surface area contributed by atoms with Crippen LogP contribution in [0.2, 0.25) is 5.02 Å². The minimum atomic E-state index is -0.0449. The molecule has 2 aromatic rings. The average Bonchev–Trinajstić information content (AvgIpc) is 2.83. The Balaban J connectivity index is 1.88. The summed E-state index contributed by atoms with van der Waals surface area (Å²) in [6.45, 7) is 2.47. The minimum Gasteiger partial charge on any atom is -0.487 e. The van der Waals surface area contributed by atoms with Crippen molar-refractivity contribution in [3.05, 3.63) is 41.2 Å². The third-order valence-electron chi connectivity index (χ3n) is 3.39. The molecular formula is C15H16ClN3O2. The van der Waals surface area contributed by atoms with Gasteiger partial charge in [-0.15, -0.1) is 0 Å². The van der Waals surface area contributed by atoms with E-state index in [4.69, 9.17) is 16.3 Å². The molecule has 0 saturated carbocycles. The van der Waals surface area contributed by atoms with Crippen LogP contribution < -0.4 is 9.64 Å². The Morgan fingerprint density at radius 3 is 3.05 bits per heavy atom. The van der Waals surface area contributed by atoms with E-state index in [-0.39, 0.29) is 12.0 Å². The van der Waals surface area contributed by atoms with Gasteiger partial charge in [0.05, 0.1) is 24.8 Å². The Morgan fingerprint density at radius 2 is 2.33 bits per heavy atom. The molecule has 2 heterocycles. The number of hydrogen-bond donors (Lipinski definition) is 0. The van der Waals surface area contributed by atoms with Crippen molar-refractivity contribution >= 4 is 23.2 Å². The fourth-order valence-electron chi connectivity index (χ4n) is 2.48. The zero-order valence-electron chi connectivity index (χ0n) is 11.9. The first kappa shape index (κ1) is 13.9. The zero-order chi connectivity index (χ0) is 15.0. The molecule has 0 fully saturated rings. The number of aromatic nitrogens is 2. The summed E-state index contributed by atoms with van der Waals surface area (Å²) in [5.74, 6) is 0.708. The standard InChI is InChI=1S/C15H16ClN3O2/c1-10-8-19(13-6-12(16)3-4-14(13)21-10)15(20)5-11-7-17-18(2)9-11/h3-4,6-7,9-10H,5,8H2,1-2H3. The second-order valence-electron chi connectivity index (χ2n) is 5.24. The first-order valence-electron chi connectivity index (χ1n) is 6.77. The van der Waals surface area contributed by atoms with Crippen molar-refractivity contribution in [2.45, 2.75) is 19.4 Å². The van der Waals surface area contributed by atoms with Gasteiger partial charge in [0.15, 0.2) is 0 Å². The largest absolute Gasteiger partial charge is 0.487 e. The van der Waals surface area contributed by atoms with Crippen LogP contribution in [0.4, 0.5) is 5.69 Å². The molecule has 0 N–H and O–H groups in total. The molecular weight excluding hydrogens is 290 g/mol. The van der Waals surface area contributed by atoms with Gasteiger partial charge in [-0.2, -0.15) is 5.10 Å². The van der Waals surface area contributed by atoms with Crippen LogP contribution in [-0.2, 0) is 18.3 Å². The highest BCUT2D eigenvalue weighted by Gasteiger charge is 2.27. The number of halogens is 1. The van der Waals surface area contributed by atoms with Gasteiger partial charge < -0.3 is 9.64 Å². The van der Waals surface area contributed by atoms with E-state index < -0.39 is 0 Å². The number of ether oxygens (including phenoxy) is 1. The molecule has 1 aliphatic rings. The van der Waals surface area contributed by atoms with Crippen LogP contribution in [0, 0.1) is 0 Å². The third kappa shape index (κ3) is 2.88. The van der Waals surface area contributed by atoms with Gasteiger partial charge in [-0.05, 0) is 30.7 Å². The summed E-state index contributed by atoms with van der Waals surface area (Å²) in [7, 11) is 1.83. The number of rotatable bonds is 2. The van der Waals surface area contributed by atoms with E-state index in [2.05, 4.69) is 5.10 Å². The fourth-order valence-corrected chi connectivity index (χ4v) is 2.65. The van der Waals surface area contributed by atoms with Crippen LogP contribution in [0.3, 0.4) is 0 Å². The highest BCUT2D eigenvalue weighted by Crippen LogP contribution is 2.35. The highest BCUT2D eigenvalue weighted by molar-refractivity contribution is 6.31. The van der Waals surface area contributed by atoms with Gasteiger partial charge >= 0.3 is 0 Å². The van der Waals surface area contributed by atoms with E-state index in [0.29, 0.717) is 23.7 Å².